The lowest BCUT2D eigenvalue weighted by molar-refractivity contribution is 0.0690. The molecule has 1 aromatic rings. The topological polar surface area (TPSA) is 99.8 Å². The molecule has 0 saturated heterocycles. The van der Waals surface area contributed by atoms with Crippen LogP contribution < -0.4 is 9.39 Å². The number of rotatable bonds is 3. The summed E-state index contributed by atoms with van der Waals surface area (Å²) in [6.07, 6.45) is 0.958. The molecule has 92 valence electrons. The Hall–Kier alpha value is -2.20. The second-order valence-electron chi connectivity index (χ2n) is 3.79. The average Bonchev–Trinajstić information content (AvgIpc) is 2.34. The summed E-state index contributed by atoms with van der Waals surface area (Å²) in [7, 11) is -1.01. The molecule has 0 aromatic heterocycles. The number of nitrogens with zero attached hydrogens (tertiary/aromatic N) is 1. The zero-order valence-electron chi connectivity index (χ0n) is 9.42. The minimum absolute atomic E-state index is 0.0666. The van der Waals surface area contributed by atoms with Crippen LogP contribution in [0.3, 0.4) is 0 Å². The zero-order chi connectivity index (χ0) is 13.1. The van der Waals surface area contributed by atoms with E-state index >= 15 is 0 Å². The van der Waals surface area contributed by atoms with Crippen LogP contribution in [0.5, 0.6) is 11.5 Å². The highest BCUT2D eigenvalue weighted by molar-refractivity contribution is 6.44. The van der Waals surface area contributed by atoms with Gasteiger partial charge in [-0.3, -0.25) is 0 Å². The molecule has 18 heavy (non-hydrogen) atoms. The van der Waals surface area contributed by atoms with Gasteiger partial charge in [0, 0.05) is 0 Å². The normalized spacial score (nSPS) is 13.2. The van der Waals surface area contributed by atoms with Crippen molar-refractivity contribution < 1.29 is 24.3 Å². The van der Waals surface area contributed by atoms with Crippen molar-refractivity contribution in [1.82, 2.24) is 0 Å². The highest BCUT2D eigenvalue weighted by atomic mass is 16.5. The summed E-state index contributed by atoms with van der Waals surface area (Å²) in [5, 5.41) is 27.0. The zero-order valence-corrected chi connectivity index (χ0v) is 9.42. The van der Waals surface area contributed by atoms with Crippen molar-refractivity contribution in [2.24, 2.45) is 0 Å². The summed E-state index contributed by atoms with van der Waals surface area (Å²) >= 11 is 0. The minimum atomic E-state index is -1.21. The maximum absolute atomic E-state index is 11.2. The first-order valence-electron chi connectivity index (χ1n) is 5.37. The third-order valence-electron chi connectivity index (χ3n) is 2.62. The Balaban J connectivity index is 2.47. The van der Waals surface area contributed by atoms with Crippen LogP contribution in [0.25, 0.3) is 0 Å². The molecular weight excluding hydrogens is 237 g/mol. The Labute approximate surface area is 104 Å². The summed E-state index contributed by atoms with van der Waals surface area (Å²) in [4.78, 5) is 11.2. The molecule has 0 saturated carbocycles. The van der Waals surface area contributed by atoms with Crippen molar-refractivity contribution in [3.8, 4) is 17.6 Å². The second kappa shape index (κ2) is 4.98. The van der Waals surface area contributed by atoms with E-state index in [0.29, 0.717) is 18.3 Å². The molecule has 1 aliphatic heterocycles. The fourth-order valence-electron chi connectivity index (χ4n) is 1.85. The van der Waals surface area contributed by atoms with Gasteiger partial charge in [-0.25, -0.2) is 4.79 Å². The fraction of sp³-hybridized carbons (Fsp3) is 0.273. The van der Waals surface area contributed by atoms with Gasteiger partial charge in [-0.1, -0.05) is 6.07 Å². The Morgan fingerprint density at radius 1 is 1.61 bits per heavy atom. The predicted octanol–water partition coefficient (Wildman–Crippen LogP) is 0.703. The van der Waals surface area contributed by atoms with Crippen LogP contribution in [0.4, 0.5) is 0 Å². The van der Waals surface area contributed by atoms with Gasteiger partial charge in [0.25, 0.3) is 0 Å². The van der Waals surface area contributed by atoms with E-state index in [9.17, 15) is 14.9 Å². The molecule has 2 N–H and O–H groups in total. The third-order valence-corrected chi connectivity index (χ3v) is 2.62. The van der Waals surface area contributed by atoms with Gasteiger partial charge in [-0.2, -0.15) is 5.26 Å². The predicted molar refractivity (Wildman–Crippen MR) is 61.6 cm³/mol. The van der Waals surface area contributed by atoms with Crippen molar-refractivity contribution in [1.29, 1.82) is 5.26 Å². The quantitative estimate of drug-likeness (QED) is 0.762. The van der Waals surface area contributed by atoms with Gasteiger partial charge >= 0.3 is 13.1 Å². The maximum atomic E-state index is 11.2. The van der Waals surface area contributed by atoms with Gasteiger partial charge in [0.15, 0.2) is 6.61 Å². The lowest BCUT2D eigenvalue weighted by atomic mass is 9.78. The molecular formula is C11H10BNO5. The molecule has 2 rings (SSSR count). The largest absolute Gasteiger partial charge is 0.535 e. The van der Waals surface area contributed by atoms with E-state index in [0.717, 1.165) is 0 Å². The standard InChI is InChI=1S/C11H10BNO5/c13-5-6-17-8-2-1-7-3-4-12(16)18-10(7)9(8)11(14)15/h1-2,16H,3-4,6H2,(H,14,15). The smallest absolute Gasteiger partial charge is 0.522 e. The maximum Gasteiger partial charge on any atom is 0.522 e. The molecule has 0 fully saturated rings. The molecule has 7 heteroatoms. The number of ether oxygens (including phenoxy) is 1. The van der Waals surface area contributed by atoms with E-state index in [1.807, 2.05) is 0 Å². The number of hydrogen-bond acceptors (Lipinski definition) is 5. The molecule has 0 amide bonds. The molecule has 1 aliphatic rings. The molecule has 0 bridgehead atoms. The van der Waals surface area contributed by atoms with Crippen molar-refractivity contribution in [2.75, 3.05) is 6.61 Å². The number of hydrogen-bond donors (Lipinski definition) is 2. The summed E-state index contributed by atoms with van der Waals surface area (Å²) in [5.74, 6) is -1.03. The summed E-state index contributed by atoms with van der Waals surface area (Å²) < 4.78 is 10.2. The molecule has 0 atom stereocenters. The highest BCUT2D eigenvalue weighted by Gasteiger charge is 2.29. The monoisotopic (exact) mass is 247 g/mol. The molecule has 6 nitrogen and oxygen atoms in total. The van der Waals surface area contributed by atoms with Crippen LogP contribution >= 0.6 is 0 Å². The van der Waals surface area contributed by atoms with Crippen molar-refractivity contribution in [2.45, 2.75) is 12.7 Å². The second-order valence-corrected chi connectivity index (χ2v) is 3.79. The molecule has 1 heterocycles. The summed E-state index contributed by atoms with van der Waals surface area (Å²) in [6.45, 7) is -0.248. The number of fused-ring (bicyclic) bond motifs is 1. The first-order chi connectivity index (χ1) is 8.63. The SMILES string of the molecule is N#CCOc1ccc2c(c1C(=O)O)OB(O)CC2. The number of carbonyl (C=O) groups is 1. The Bertz CT molecular complexity index is 525. The van der Waals surface area contributed by atoms with E-state index in [2.05, 4.69) is 0 Å². The lowest BCUT2D eigenvalue weighted by Crippen LogP contribution is -2.28. The first-order valence-corrected chi connectivity index (χ1v) is 5.37. The molecule has 0 unspecified atom stereocenters. The van der Waals surface area contributed by atoms with E-state index in [-0.39, 0.29) is 23.7 Å². The number of aromatic carboxylic acids is 1. The third kappa shape index (κ3) is 2.24. The van der Waals surface area contributed by atoms with Crippen LogP contribution in [0.15, 0.2) is 12.1 Å². The molecule has 0 aliphatic carbocycles. The van der Waals surface area contributed by atoms with E-state index < -0.39 is 13.1 Å². The van der Waals surface area contributed by atoms with E-state index in [1.165, 1.54) is 6.07 Å². The van der Waals surface area contributed by atoms with Gasteiger partial charge < -0.3 is 19.5 Å². The van der Waals surface area contributed by atoms with Crippen LogP contribution in [0.1, 0.15) is 15.9 Å². The van der Waals surface area contributed by atoms with Gasteiger partial charge in [-0.15, -0.1) is 0 Å². The van der Waals surface area contributed by atoms with Gasteiger partial charge in [-0.05, 0) is 24.4 Å². The first kappa shape index (κ1) is 12.3. The van der Waals surface area contributed by atoms with Gasteiger partial charge in [0.2, 0.25) is 0 Å². The number of nitriles is 1. The lowest BCUT2D eigenvalue weighted by Gasteiger charge is -2.22. The Kier molecular flexibility index (Phi) is 3.39. The van der Waals surface area contributed by atoms with E-state index in [1.54, 1.807) is 12.1 Å². The Morgan fingerprint density at radius 3 is 3.06 bits per heavy atom. The van der Waals surface area contributed by atoms with Gasteiger partial charge in [0.05, 0.1) is 0 Å². The Morgan fingerprint density at radius 2 is 2.39 bits per heavy atom. The number of benzene rings is 1. The van der Waals surface area contributed by atoms with Crippen molar-refractivity contribution >= 4 is 13.1 Å². The fourth-order valence-corrected chi connectivity index (χ4v) is 1.85. The summed E-state index contributed by atoms with van der Waals surface area (Å²) in [6, 6.07) is 4.95. The minimum Gasteiger partial charge on any atom is -0.535 e. The van der Waals surface area contributed by atoms with Crippen molar-refractivity contribution in [3.63, 3.8) is 0 Å². The van der Waals surface area contributed by atoms with Gasteiger partial charge in [0.1, 0.15) is 23.1 Å². The van der Waals surface area contributed by atoms with E-state index in [4.69, 9.17) is 14.7 Å². The van der Waals surface area contributed by atoms with Crippen molar-refractivity contribution in [3.05, 3.63) is 23.3 Å². The number of aryl methyl sites for hydroxylation is 1. The summed E-state index contributed by atoms with van der Waals surface area (Å²) in [5.41, 5.74) is 0.559. The number of carboxylic acid groups (broad SMARTS) is 1. The van der Waals surface area contributed by atoms with Crippen LogP contribution in [0, 0.1) is 11.3 Å². The highest BCUT2D eigenvalue weighted by Crippen LogP contribution is 2.36. The molecule has 0 radical (unpaired) electrons. The number of carboxylic acids is 1. The van der Waals surface area contributed by atoms with Crippen LogP contribution in [0.2, 0.25) is 6.32 Å². The average molecular weight is 247 g/mol. The molecule has 1 aromatic carbocycles. The van der Waals surface area contributed by atoms with Crippen LogP contribution in [-0.4, -0.2) is 29.8 Å². The molecule has 0 spiro atoms. The van der Waals surface area contributed by atoms with Crippen LogP contribution in [-0.2, 0) is 6.42 Å².